The molecule has 0 unspecified atom stereocenters. The second-order valence-electron chi connectivity index (χ2n) is 9.42. The van der Waals surface area contributed by atoms with Crippen LogP contribution in [0.5, 0.6) is 0 Å². The normalized spacial score (nSPS) is 14.3. The molecule has 4 aromatic rings. The van der Waals surface area contributed by atoms with Crippen molar-refractivity contribution in [3.05, 3.63) is 129 Å². The van der Waals surface area contributed by atoms with Crippen LogP contribution in [-0.2, 0) is 0 Å². The highest BCUT2D eigenvalue weighted by Gasteiger charge is 2.39. The fraction of sp³-hybridized carbons (Fsp3) is 0.0645. The molecule has 0 N–H and O–H groups in total. The minimum absolute atomic E-state index is 0.139. The van der Waals surface area contributed by atoms with E-state index in [1.165, 1.54) is 36.4 Å². The Bertz CT molecular complexity index is 1630. The third-order valence-corrected chi connectivity index (χ3v) is 6.82. The Labute approximate surface area is 217 Å². The van der Waals surface area contributed by atoms with Gasteiger partial charge in [-0.1, -0.05) is 36.4 Å². The summed E-state index contributed by atoms with van der Waals surface area (Å²) in [5.41, 5.74) is 3.84. The largest absolute Gasteiger partial charge is 0.289 e. The number of benzene rings is 4. The first-order valence-corrected chi connectivity index (χ1v) is 12.0. The van der Waals surface area contributed by atoms with Crippen LogP contribution in [0.2, 0.25) is 0 Å². The Balaban J connectivity index is 1.32. The summed E-state index contributed by atoms with van der Waals surface area (Å²) in [5, 5.41) is 0. The Morgan fingerprint density at radius 1 is 0.500 bits per heavy atom. The molecule has 6 rings (SSSR count). The first-order valence-electron chi connectivity index (χ1n) is 12.0. The van der Waals surface area contributed by atoms with E-state index in [4.69, 9.17) is 0 Å². The van der Waals surface area contributed by atoms with Crippen LogP contribution in [0.15, 0.2) is 84.9 Å². The number of carbonyl (C=O) groups excluding carboxylic acids is 5. The number of hydrogen-bond donors (Lipinski definition) is 0. The third kappa shape index (κ3) is 3.48. The van der Waals surface area contributed by atoms with Crippen LogP contribution < -0.4 is 9.80 Å². The number of imide groups is 2. The van der Waals surface area contributed by atoms with E-state index >= 15 is 0 Å². The van der Waals surface area contributed by atoms with Crippen molar-refractivity contribution in [2.24, 2.45) is 0 Å². The van der Waals surface area contributed by atoms with Gasteiger partial charge in [-0.3, -0.25) is 24.0 Å². The van der Waals surface area contributed by atoms with E-state index in [-0.39, 0.29) is 33.4 Å². The van der Waals surface area contributed by atoms with E-state index in [0.29, 0.717) is 11.4 Å². The van der Waals surface area contributed by atoms with Gasteiger partial charge in [-0.2, -0.15) is 0 Å². The zero-order valence-electron chi connectivity index (χ0n) is 20.5. The molecule has 2 heterocycles. The van der Waals surface area contributed by atoms with Crippen LogP contribution in [-0.4, -0.2) is 29.4 Å². The number of aryl methyl sites for hydroxylation is 2. The van der Waals surface area contributed by atoms with E-state index in [2.05, 4.69) is 0 Å². The minimum Gasteiger partial charge on any atom is -0.289 e. The predicted molar refractivity (Wildman–Crippen MR) is 141 cm³/mol. The lowest BCUT2D eigenvalue weighted by atomic mass is 9.96. The van der Waals surface area contributed by atoms with Crippen LogP contribution in [0, 0.1) is 13.8 Å². The van der Waals surface area contributed by atoms with E-state index in [1.807, 2.05) is 26.0 Å². The molecule has 2 aliphatic heterocycles. The highest BCUT2D eigenvalue weighted by molar-refractivity contribution is 6.36. The molecule has 0 fully saturated rings. The summed E-state index contributed by atoms with van der Waals surface area (Å²) in [4.78, 5) is 67.9. The lowest BCUT2D eigenvalue weighted by Crippen LogP contribution is -2.29. The topological polar surface area (TPSA) is 91.8 Å². The molecular formula is C31H20N2O5. The fourth-order valence-corrected chi connectivity index (χ4v) is 4.93. The van der Waals surface area contributed by atoms with Gasteiger partial charge in [0.05, 0.1) is 33.6 Å². The van der Waals surface area contributed by atoms with E-state index in [0.717, 1.165) is 20.9 Å². The lowest BCUT2D eigenvalue weighted by Gasteiger charge is -2.14. The molecule has 7 heteroatoms. The molecule has 0 atom stereocenters. The van der Waals surface area contributed by atoms with Crippen molar-refractivity contribution >= 4 is 40.8 Å². The molecule has 0 spiro atoms. The molecule has 0 bridgehead atoms. The van der Waals surface area contributed by atoms with Crippen molar-refractivity contribution in [1.82, 2.24) is 0 Å². The van der Waals surface area contributed by atoms with E-state index in [9.17, 15) is 24.0 Å². The monoisotopic (exact) mass is 500 g/mol. The highest BCUT2D eigenvalue weighted by Crippen LogP contribution is 2.32. The Kier molecular flexibility index (Phi) is 5.17. The number of amides is 4. The van der Waals surface area contributed by atoms with Crippen LogP contribution in [0.4, 0.5) is 11.4 Å². The summed E-state index contributed by atoms with van der Waals surface area (Å²) in [7, 11) is 0. The standard InChI is InChI=1S/C31H20N2O5/c1-17-5-3-7-21(13-17)32-28(35)23-11-9-19(15-25(23)30(32)37)27(34)20-10-12-24-26(16-20)31(38)33(29(24)36)22-8-4-6-18(2)14-22/h3-16H,1-2H3. The van der Waals surface area contributed by atoms with E-state index in [1.54, 1.807) is 36.4 Å². The predicted octanol–water partition coefficient (Wildman–Crippen LogP) is 5.14. The summed E-state index contributed by atoms with van der Waals surface area (Å²) in [6, 6.07) is 22.9. The molecule has 38 heavy (non-hydrogen) atoms. The quantitative estimate of drug-likeness (QED) is 0.286. The zero-order chi connectivity index (χ0) is 26.7. The maximum absolute atomic E-state index is 13.4. The third-order valence-electron chi connectivity index (χ3n) is 6.82. The molecular weight excluding hydrogens is 480 g/mol. The van der Waals surface area contributed by atoms with Crippen molar-refractivity contribution in [2.45, 2.75) is 13.8 Å². The minimum atomic E-state index is -0.506. The zero-order valence-corrected chi connectivity index (χ0v) is 20.5. The molecule has 0 radical (unpaired) electrons. The smallest absolute Gasteiger partial charge is 0.266 e. The molecule has 7 nitrogen and oxygen atoms in total. The molecule has 2 aliphatic rings. The Hall–Kier alpha value is -5.17. The average molecular weight is 501 g/mol. The number of anilines is 2. The van der Waals surface area contributed by atoms with Crippen molar-refractivity contribution < 1.29 is 24.0 Å². The van der Waals surface area contributed by atoms with Gasteiger partial charge >= 0.3 is 0 Å². The number of rotatable bonds is 4. The lowest BCUT2D eigenvalue weighted by molar-refractivity contribution is 0.0910. The maximum atomic E-state index is 13.4. The van der Waals surface area contributed by atoms with Gasteiger partial charge in [0, 0.05) is 11.1 Å². The fourth-order valence-electron chi connectivity index (χ4n) is 4.93. The molecule has 0 saturated heterocycles. The second-order valence-corrected chi connectivity index (χ2v) is 9.42. The van der Waals surface area contributed by atoms with Gasteiger partial charge in [-0.25, -0.2) is 9.80 Å². The summed E-state index contributed by atoms with van der Waals surface area (Å²) in [6.07, 6.45) is 0. The van der Waals surface area contributed by atoms with Crippen molar-refractivity contribution in [2.75, 3.05) is 9.80 Å². The summed E-state index contributed by atoms with van der Waals surface area (Å²) >= 11 is 0. The summed E-state index contributed by atoms with van der Waals surface area (Å²) in [6.45, 7) is 3.74. The van der Waals surface area contributed by atoms with Gasteiger partial charge in [-0.05, 0) is 73.5 Å². The average Bonchev–Trinajstić information content (AvgIpc) is 3.31. The van der Waals surface area contributed by atoms with Crippen LogP contribution in [0.1, 0.15) is 68.5 Å². The summed E-state index contributed by atoms with van der Waals surface area (Å²) < 4.78 is 0. The molecule has 4 amide bonds. The maximum Gasteiger partial charge on any atom is 0.266 e. The first kappa shape index (κ1) is 23.2. The van der Waals surface area contributed by atoms with Gasteiger partial charge in [-0.15, -0.1) is 0 Å². The van der Waals surface area contributed by atoms with Crippen molar-refractivity contribution in [1.29, 1.82) is 0 Å². The Morgan fingerprint density at radius 3 is 1.29 bits per heavy atom. The van der Waals surface area contributed by atoms with Crippen LogP contribution in [0.25, 0.3) is 0 Å². The first-order chi connectivity index (χ1) is 18.2. The van der Waals surface area contributed by atoms with Crippen LogP contribution >= 0.6 is 0 Å². The van der Waals surface area contributed by atoms with Crippen molar-refractivity contribution in [3.63, 3.8) is 0 Å². The molecule has 0 aromatic heterocycles. The number of nitrogens with zero attached hydrogens (tertiary/aromatic N) is 2. The molecule has 4 aromatic carbocycles. The molecule has 0 aliphatic carbocycles. The number of hydrogen-bond acceptors (Lipinski definition) is 5. The SMILES string of the molecule is Cc1cccc(N2C(=O)c3ccc(C(=O)c4ccc5c(c4)C(=O)N(c4cccc(C)c4)C5=O)cc3C2=O)c1. The van der Waals surface area contributed by atoms with Crippen LogP contribution in [0.3, 0.4) is 0 Å². The van der Waals surface area contributed by atoms with Gasteiger partial charge < -0.3 is 0 Å². The van der Waals surface area contributed by atoms with E-state index < -0.39 is 29.4 Å². The van der Waals surface area contributed by atoms with Crippen molar-refractivity contribution in [3.8, 4) is 0 Å². The van der Waals surface area contributed by atoms with Gasteiger partial charge in [0.15, 0.2) is 5.78 Å². The number of fused-ring (bicyclic) bond motifs is 2. The Morgan fingerprint density at radius 2 is 0.895 bits per heavy atom. The highest BCUT2D eigenvalue weighted by atomic mass is 16.2. The van der Waals surface area contributed by atoms with Gasteiger partial charge in [0.2, 0.25) is 0 Å². The summed E-state index contributed by atoms with van der Waals surface area (Å²) in [5.74, 6) is -2.35. The second kappa shape index (κ2) is 8.45. The van der Waals surface area contributed by atoms with Gasteiger partial charge in [0.25, 0.3) is 23.6 Å². The van der Waals surface area contributed by atoms with Gasteiger partial charge in [0.1, 0.15) is 0 Å². The number of ketones is 1. The molecule has 184 valence electrons. The number of carbonyl (C=O) groups is 5. The molecule has 0 saturated carbocycles.